The summed E-state index contributed by atoms with van der Waals surface area (Å²) >= 11 is 9.61. The van der Waals surface area contributed by atoms with Gasteiger partial charge in [-0.2, -0.15) is 5.10 Å². The zero-order valence-corrected chi connectivity index (χ0v) is 13.0. The second kappa shape index (κ2) is 5.81. The average Bonchev–Trinajstić information content (AvgIpc) is 2.91. The first-order valence-electron chi connectivity index (χ1n) is 6.24. The topological polar surface area (TPSA) is 17.8 Å². The Hall–Kier alpha value is -1.58. The Balaban J connectivity index is 1.84. The summed E-state index contributed by atoms with van der Waals surface area (Å²) in [7, 11) is 0. The highest BCUT2D eigenvalue weighted by Gasteiger charge is 2.04. The van der Waals surface area contributed by atoms with Crippen LogP contribution >= 0.6 is 27.5 Å². The monoisotopic (exact) mass is 346 g/mol. The molecule has 3 aromatic rings. The Labute approximate surface area is 131 Å². The molecule has 0 aliphatic heterocycles. The van der Waals surface area contributed by atoms with Crippen molar-refractivity contribution in [2.75, 3.05) is 0 Å². The van der Waals surface area contributed by atoms with Gasteiger partial charge in [-0.05, 0) is 29.3 Å². The molecule has 0 N–H and O–H groups in total. The minimum Gasteiger partial charge on any atom is -0.268 e. The molecule has 2 aromatic carbocycles. The van der Waals surface area contributed by atoms with Crippen molar-refractivity contribution in [3.8, 4) is 11.1 Å². The molecule has 0 bridgehead atoms. The third-order valence-electron chi connectivity index (χ3n) is 3.10. The molecule has 0 unspecified atom stereocenters. The zero-order chi connectivity index (χ0) is 13.9. The molecule has 0 saturated heterocycles. The number of benzene rings is 2. The summed E-state index contributed by atoms with van der Waals surface area (Å²) in [5.41, 5.74) is 3.32. The van der Waals surface area contributed by atoms with Crippen molar-refractivity contribution in [1.82, 2.24) is 9.78 Å². The van der Waals surface area contributed by atoms with E-state index in [-0.39, 0.29) is 0 Å². The molecule has 0 fully saturated rings. The fourth-order valence-electron chi connectivity index (χ4n) is 2.04. The van der Waals surface area contributed by atoms with Gasteiger partial charge in [0.1, 0.15) is 0 Å². The summed E-state index contributed by atoms with van der Waals surface area (Å²) in [5, 5.41) is 5.17. The lowest BCUT2D eigenvalue weighted by atomic mass is 10.1. The number of hydrogen-bond donors (Lipinski definition) is 0. The van der Waals surface area contributed by atoms with Gasteiger partial charge < -0.3 is 0 Å². The van der Waals surface area contributed by atoms with Crippen LogP contribution in [0.4, 0.5) is 0 Å². The van der Waals surface area contributed by atoms with Gasteiger partial charge in [0.25, 0.3) is 0 Å². The van der Waals surface area contributed by atoms with Crippen molar-refractivity contribution in [3.05, 3.63) is 76.0 Å². The maximum Gasteiger partial charge on any atom is 0.0674 e. The van der Waals surface area contributed by atoms with Gasteiger partial charge in [0.2, 0.25) is 0 Å². The second-order valence-corrected chi connectivity index (χ2v) is 5.85. The minimum absolute atomic E-state index is 0.677. The van der Waals surface area contributed by atoms with E-state index in [9.17, 15) is 0 Å². The highest BCUT2D eigenvalue weighted by molar-refractivity contribution is 9.10. The van der Waals surface area contributed by atoms with Crippen LogP contribution in [0.5, 0.6) is 0 Å². The van der Waals surface area contributed by atoms with Crippen LogP contribution in [0, 0.1) is 0 Å². The first-order chi connectivity index (χ1) is 9.72. The van der Waals surface area contributed by atoms with E-state index in [1.165, 1.54) is 0 Å². The summed E-state index contributed by atoms with van der Waals surface area (Å²) in [6.07, 6.45) is 3.91. The van der Waals surface area contributed by atoms with Crippen molar-refractivity contribution < 1.29 is 0 Å². The molecule has 1 aromatic heterocycles. The number of halogens is 2. The third kappa shape index (κ3) is 2.94. The first kappa shape index (κ1) is 13.4. The van der Waals surface area contributed by atoms with Gasteiger partial charge in [0.05, 0.1) is 12.7 Å². The Bertz CT molecular complexity index is 719. The standard InChI is InChI=1S/C16H12BrClN2/c17-15-7-5-12(6-8-15)14-9-19-20(11-14)10-13-3-1-2-4-16(13)18/h1-9,11H,10H2. The molecule has 0 radical (unpaired) electrons. The van der Waals surface area contributed by atoms with Gasteiger partial charge >= 0.3 is 0 Å². The van der Waals surface area contributed by atoms with Gasteiger partial charge in [0, 0.05) is 21.3 Å². The Morgan fingerprint density at radius 3 is 2.50 bits per heavy atom. The number of aromatic nitrogens is 2. The van der Waals surface area contributed by atoms with Gasteiger partial charge in [-0.1, -0.05) is 57.9 Å². The zero-order valence-electron chi connectivity index (χ0n) is 10.6. The number of nitrogens with zero attached hydrogens (tertiary/aromatic N) is 2. The summed E-state index contributed by atoms with van der Waals surface area (Å²) in [5.74, 6) is 0. The molecule has 1 heterocycles. The van der Waals surface area contributed by atoms with Crippen molar-refractivity contribution in [3.63, 3.8) is 0 Å². The van der Waals surface area contributed by atoms with E-state index < -0.39 is 0 Å². The fraction of sp³-hybridized carbons (Fsp3) is 0.0625. The smallest absolute Gasteiger partial charge is 0.0674 e. The highest BCUT2D eigenvalue weighted by atomic mass is 79.9. The van der Waals surface area contributed by atoms with Crippen molar-refractivity contribution >= 4 is 27.5 Å². The SMILES string of the molecule is Clc1ccccc1Cn1cc(-c2ccc(Br)cc2)cn1. The van der Waals surface area contributed by atoms with Gasteiger partial charge in [-0.25, -0.2) is 0 Å². The minimum atomic E-state index is 0.677. The first-order valence-corrected chi connectivity index (χ1v) is 7.41. The second-order valence-electron chi connectivity index (χ2n) is 4.52. The summed E-state index contributed by atoms with van der Waals surface area (Å²) in [4.78, 5) is 0. The normalized spacial score (nSPS) is 10.7. The van der Waals surface area contributed by atoms with Crippen LogP contribution in [-0.4, -0.2) is 9.78 Å². The molecule has 100 valence electrons. The largest absolute Gasteiger partial charge is 0.268 e. The van der Waals surface area contributed by atoms with Crippen LogP contribution in [0.1, 0.15) is 5.56 Å². The van der Waals surface area contributed by atoms with Gasteiger partial charge in [0.15, 0.2) is 0 Å². The van der Waals surface area contributed by atoms with E-state index in [4.69, 9.17) is 11.6 Å². The number of rotatable bonds is 3. The molecule has 0 aliphatic carbocycles. The number of hydrogen-bond acceptors (Lipinski definition) is 1. The maximum atomic E-state index is 6.17. The fourth-order valence-corrected chi connectivity index (χ4v) is 2.50. The van der Waals surface area contributed by atoms with Gasteiger partial charge in [-0.15, -0.1) is 0 Å². The third-order valence-corrected chi connectivity index (χ3v) is 4.00. The Morgan fingerprint density at radius 2 is 1.75 bits per heavy atom. The molecule has 20 heavy (non-hydrogen) atoms. The summed E-state index contributed by atoms with van der Waals surface area (Å²) in [6, 6.07) is 16.0. The molecular formula is C16H12BrClN2. The lowest BCUT2D eigenvalue weighted by Crippen LogP contribution is -2.00. The Kier molecular flexibility index (Phi) is 3.90. The summed E-state index contributed by atoms with van der Waals surface area (Å²) in [6.45, 7) is 0.677. The van der Waals surface area contributed by atoms with Crippen LogP contribution < -0.4 is 0 Å². The molecule has 0 amide bonds. The van der Waals surface area contributed by atoms with Crippen molar-refractivity contribution in [2.45, 2.75) is 6.54 Å². The molecule has 0 aliphatic rings. The van der Waals surface area contributed by atoms with Crippen molar-refractivity contribution in [2.24, 2.45) is 0 Å². The molecule has 3 rings (SSSR count). The lowest BCUT2D eigenvalue weighted by molar-refractivity contribution is 0.687. The summed E-state index contributed by atoms with van der Waals surface area (Å²) < 4.78 is 2.98. The molecule has 0 atom stereocenters. The van der Waals surface area contributed by atoms with Gasteiger partial charge in [-0.3, -0.25) is 4.68 Å². The Morgan fingerprint density at radius 1 is 1.00 bits per heavy atom. The maximum absolute atomic E-state index is 6.17. The quantitative estimate of drug-likeness (QED) is 0.651. The van der Waals surface area contributed by atoms with E-state index in [0.717, 1.165) is 26.2 Å². The highest BCUT2D eigenvalue weighted by Crippen LogP contribution is 2.22. The molecular weight excluding hydrogens is 336 g/mol. The van der Waals surface area contributed by atoms with Crippen LogP contribution in [0.3, 0.4) is 0 Å². The van der Waals surface area contributed by atoms with E-state index >= 15 is 0 Å². The van der Waals surface area contributed by atoms with E-state index in [2.05, 4.69) is 33.2 Å². The molecule has 4 heteroatoms. The van der Waals surface area contributed by atoms with Crippen LogP contribution in [0.25, 0.3) is 11.1 Å². The molecule has 0 saturated carbocycles. The van der Waals surface area contributed by atoms with E-state index in [0.29, 0.717) is 6.54 Å². The van der Waals surface area contributed by atoms with Crippen LogP contribution in [-0.2, 0) is 6.54 Å². The average molecular weight is 348 g/mol. The van der Waals surface area contributed by atoms with E-state index in [1.54, 1.807) is 0 Å². The lowest BCUT2D eigenvalue weighted by Gasteiger charge is -2.03. The molecule has 0 spiro atoms. The predicted molar refractivity (Wildman–Crippen MR) is 85.9 cm³/mol. The molecule has 2 nitrogen and oxygen atoms in total. The van der Waals surface area contributed by atoms with Crippen LogP contribution in [0.2, 0.25) is 5.02 Å². The van der Waals surface area contributed by atoms with Crippen LogP contribution in [0.15, 0.2) is 65.4 Å². The predicted octanol–water partition coefficient (Wildman–Crippen LogP) is 5.01. The van der Waals surface area contributed by atoms with Crippen molar-refractivity contribution in [1.29, 1.82) is 0 Å². The van der Waals surface area contributed by atoms with E-state index in [1.807, 2.05) is 53.5 Å².